The number of hydrogen-bond donors (Lipinski definition) is 0. The van der Waals surface area contributed by atoms with E-state index in [2.05, 4.69) is 0 Å². The van der Waals surface area contributed by atoms with Gasteiger partial charge in [-0.2, -0.15) is 8.42 Å². The first-order chi connectivity index (χ1) is 12.9. The van der Waals surface area contributed by atoms with E-state index in [1.165, 1.54) is 18.2 Å². The molecule has 0 saturated heterocycles. The van der Waals surface area contributed by atoms with Gasteiger partial charge in [-0.05, 0) is 44.2 Å². The van der Waals surface area contributed by atoms with Gasteiger partial charge in [-0.3, -0.25) is 4.18 Å². The van der Waals surface area contributed by atoms with Crippen molar-refractivity contribution in [1.29, 1.82) is 0 Å². The molecule has 144 valence electrons. The Morgan fingerprint density at radius 1 is 1.15 bits per heavy atom. The van der Waals surface area contributed by atoms with Gasteiger partial charge < -0.3 is 14.2 Å². The van der Waals surface area contributed by atoms with Crippen LogP contribution in [0, 0.1) is 6.92 Å². The maximum Gasteiger partial charge on any atom is 0.338 e. The maximum absolute atomic E-state index is 12.3. The Labute approximate surface area is 157 Å². The highest BCUT2D eigenvalue weighted by Gasteiger charge is 2.25. The molecule has 0 radical (unpaired) electrons. The van der Waals surface area contributed by atoms with Crippen LogP contribution in [0.1, 0.15) is 22.8 Å². The van der Waals surface area contributed by atoms with Crippen molar-refractivity contribution in [2.24, 2.45) is 0 Å². The maximum atomic E-state index is 12.3. The molecule has 0 spiro atoms. The van der Waals surface area contributed by atoms with Gasteiger partial charge in [0.05, 0.1) is 17.1 Å². The number of ether oxygens (including phenoxy) is 3. The minimum atomic E-state index is -3.89. The lowest BCUT2D eigenvalue weighted by atomic mass is 10.2. The first kappa shape index (κ1) is 19.2. The molecule has 1 unspecified atom stereocenters. The summed E-state index contributed by atoms with van der Waals surface area (Å²) in [4.78, 5) is 11.9. The lowest BCUT2D eigenvalue weighted by molar-refractivity contribution is 0.0506. The van der Waals surface area contributed by atoms with Crippen molar-refractivity contribution in [3.63, 3.8) is 0 Å². The topological polar surface area (TPSA) is 88.1 Å². The van der Waals surface area contributed by atoms with Gasteiger partial charge in [-0.1, -0.05) is 17.7 Å². The van der Waals surface area contributed by atoms with E-state index in [-0.39, 0.29) is 24.7 Å². The van der Waals surface area contributed by atoms with E-state index < -0.39 is 22.2 Å². The second-order valence-electron chi connectivity index (χ2n) is 5.98. The largest absolute Gasteiger partial charge is 0.486 e. The zero-order valence-corrected chi connectivity index (χ0v) is 15.8. The molecule has 0 fully saturated rings. The van der Waals surface area contributed by atoms with Gasteiger partial charge in [0.2, 0.25) is 0 Å². The fourth-order valence-corrected chi connectivity index (χ4v) is 3.41. The Bertz CT molecular complexity index is 920. The summed E-state index contributed by atoms with van der Waals surface area (Å²) in [6, 6.07) is 11.1. The quantitative estimate of drug-likeness (QED) is 0.552. The summed E-state index contributed by atoms with van der Waals surface area (Å²) >= 11 is 0. The summed E-state index contributed by atoms with van der Waals surface area (Å²) < 4.78 is 45.9. The smallest absolute Gasteiger partial charge is 0.338 e. The summed E-state index contributed by atoms with van der Waals surface area (Å²) in [6.45, 7) is 3.78. The molecule has 0 bridgehead atoms. The number of carbonyl (C=O) groups is 1. The van der Waals surface area contributed by atoms with Crippen LogP contribution in [0.25, 0.3) is 0 Å². The Hall–Kier alpha value is -2.58. The molecule has 0 N–H and O–H groups in total. The van der Waals surface area contributed by atoms with Crippen molar-refractivity contribution in [3.05, 3.63) is 53.6 Å². The number of esters is 1. The zero-order chi connectivity index (χ0) is 19.4. The molecule has 1 aliphatic rings. The van der Waals surface area contributed by atoms with Crippen LogP contribution in [0.2, 0.25) is 0 Å². The highest BCUT2D eigenvalue weighted by molar-refractivity contribution is 7.86. The molecule has 2 aromatic rings. The molecule has 8 heteroatoms. The number of benzene rings is 2. The monoisotopic (exact) mass is 392 g/mol. The normalized spacial score (nSPS) is 16.0. The fourth-order valence-electron chi connectivity index (χ4n) is 2.48. The first-order valence-electron chi connectivity index (χ1n) is 8.46. The predicted octanol–water partition coefficient (Wildman–Crippen LogP) is 2.72. The second-order valence-corrected chi connectivity index (χ2v) is 7.60. The van der Waals surface area contributed by atoms with Crippen LogP contribution in [0.3, 0.4) is 0 Å². The van der Waals surface area contributed by atoms with Crippen LogP contribution in [-0.4, -0.2) is 40.3 Å². The zero-order valence-electron chi connectivity index (χ0n) is 15.0. The molecule has 1 aliphatic heterocycles. The molecule has 1 heterocycles. The van der Waals surface area contributed by atoms with Crippen molar-refractivity contribution in [2.75, 3.05) is 19.8 Å². The molecular formula is C19H20O7S. The number of aryl methyl sites for hydroxylation is 1. The third-order valence-electron chi connectivity index (χ3n) is 3.89. The van der Waals surface area contributed by atoms with E-state index in [9.17, 15) is 13.2 Å². The number of fused-ring (bicyclic) bond motifs is 1. The van der Waals surface area contributed by atoms with E-state index in [1.807, 2.05) is 6.92 Å². The van der Waals surface area contributed by atoms with Crippen LogP contribution in [-0.2, 0) is 19.0 Å². The summed E-state index contributed by atoms with van der Waals surface area (Å²) in [7, 11) is -3.89. The van der Waals surface area contributed by atoms with E-state index in [1.54, 1.807) is 31.2 Å². The molecule has 2 aromatic carbocycles. The Morgan fingerprint density at radius 3 is 2.59 bits per heavy atom. The Kier molecular flexibility index (Phi) is 5.67. The van der Waals surface area contributed by atoms with Gasteiger partial charge >= 0.3 is 5.97 Å². The molecular weight excluding hydrogens is 372 g/mol. The molecule has 0 amide bonds. The first-order valence-corrected chi connectivity index (χ1v) is 9.86. The molecule has 0 aromatic heterocycles. The van der Waals surface area contributed by atoms with Gasteiger partial charge in [0, 0.05) is 0 Å². The van der Waals surface area contributed by atoms with Crippen LogP contribution >= 0.6 is 0 Å². The molecule has 1 atom stereocenters. The van der Waals surface area contributed by atoms with Crippen LogP contribution in [0.5, 0.6) is 11.5 Å². The fraction of sp³-hybridized carbons (Fsp3) is 0.316. The Balaban J connectivity index is 1.66. The van der Waals surface area contributed by atoms with E-state index in [4.69, 9.17) is 18.4 Å². The molecule has 0 aliphatic carbocycles. The summed E-state index contributed by atoms with van der Waals surface area (Å²) in [5.41, 5.74) is 1.28. The van der Waals surface area contributed by atoms with Gasteiger partial charge in [-0.25, -0.2) is 4.79 Å². The minimum absolute atomic E-state index is 0.0785. The van der Waals surface area contributed by atoms with Gasteiger partial charge in [0.25, 0.3) is 10.1 Å². The number of carbonyl (C=O) groups excluding carboxylic acids is 1. The predicted molar refractivity (Wildman–Crippen MR) is 96.6 cm³/mol. The highest BCUT2D eigenvalue weighted by atomic mass is 32.2. The van der Waals surface area contributed by atoms with Gasteiger partial charge in [-0.15, -0.1) is 0 Å². The Morgan fingerprint density at radius 2 is 1.89 bits per heavy atom. The van der Waals surface area contributed by atoms with E-state index in [0.29, 0.717) is 17.1 Å². The molecule has 27 heavy (non-hydrogen) atoms. The lowest BCUT2D eigenvalue weighted by Gasteiger charge is -2.26. The van der Waals surface area contributed by atoms with Crippen molar-refractivity contribution >= 4 is 16.1 Å². The molecule has 0 saturated carbocycles. The standard InChI is InChI=1S/C19H20O7S/c1-3-23-19(20)14-6-9-17-18(10-14)26-15(11-24-17)12-25-27(21,22)16-7-4-13(2)5-8-16/h4-10,15H,3,11-12H2,1-2H3. The van der Waals surface area contributed by atoms with Crippen LogP contribution < -0.4 is 9.47 Å². The highest BCUT2D eigenvalue weighted by Crippen LogP contribution is 2.33. The average Bonchev–Trinajstić information content (AvgIpc) is 2.66. The van der Waals surface area contributed by atoms with Crippen LogP contribution in [0.4, 0.5) is 0 Å². The summed E-state index contributed by atoms with van der Waals surface area (Å²) in [6.07, 6.45) is -0.629. The third-order valence-corrected chi connectivity index (χ3v) is 5.19. The third kappa shape index (κ3) is 4.58. The number of hydrogen-bond acceptors (Lipinski definition) is 7. The van der Waals surface area contributed by atoms with Crippen LogP contribution in [0.15, 0.2) is 47.4 Å². The summed E-state index contributed by atoms with van der Waals surface area (Å²) in [5, 5.41) is 0. The SMILES string of the molecule is CCOC(=O)c1ccc2c(c1)OC(COS(=O)(=O)c1ccc(C)cc1)CO2. The van der Waals surface area contributed by atoms with E-state index >= 15 is 0 Å². The molecule has 3 rings (SSSR count). The second kappa shape index (κ2) is 7.98. The van der Waals surface area contributed by atoms with E-state index in [0.717, 1.165) is 5.56 Å². The summed E-state index contributed by atoms with van der Waals surface area (Å²) in [5.74, 6) is 0.345. The molecule has 7 nitrogen and oxygen atoms in total. The van der Waals surface area contributed by atoms with Crippen molar-refractivity contribution in [2.45, 2.75) is 24.8 Å². The average molecular weight is 392 g/mol. The van der Waals surface area contributed by atoms with Crippen molar-refractivity contribution < 1.29 is 31.6 Å². The van der Waals surface area contributed by atoms with Crippen molar-refractivity contribution in [3.8, 4) is 11.5 Å². The van der Waals surface area contributed by atoms with Gasteiger partial charge in [0.1, 0.15) is 13.2 Å². The minimum Gasteiger partial charge on any atom is -0.486 e. The van der Waals surface area contributed by atoms with Crippen molar-refractivity contribution in [1.82, 2.24) is 0 Å². The lowest BCUT2D eigenvalue weighted by Crippen LogP contribution is -2.34. The van der Waals surface area contributed by atoms with Gasteiger partial charge in [0.15, 0.2) is 17.6 Å². The number of rotatable bonds is 6.